The van der Waals surface area contributed by atoms with Gasteiger partial charge in [-0.05, 0) is 133 Å². The Hall–Kier alpha value is -7.32. The van der Waals surface area contributed by atoms with Crippen LogP contribution in [0, 0.1) is 0 Å². The maximum absolute atomic E-state index is 6.72. The van der Waals surface area contributed by atoms with Crippen molar-refractivity contribution in [1.29, 1.82) is 0 Å². The molecule has 0 radical (unpaired) electrons. The van der Waals surface area contributed by atoms with Crippen LogP contribution in [0.5, 0.6) is 23.0 Å². The maximum atomic E-state index is 6.72. The van der Waals surface area contributed by atoms with Gasteiger partial charge in [0, 0.05) is 27.9 Å². The number of hydrogen-bond acceptors (Lipinski definition) is 8. The molecule has 0 fully saturated rings. The number of allylic oxidation sites excluding steroid dienone is 12. The number of aliphatic imine (C=N–C) groups is 4. The Bertz CT molecular complexity index is 2970. The van der Waals surface area contributed by atoms with E-state index in [9.17, 15) is 0 Å². The number of ether oxygens (including phenoxy) is 4. The fraction of sp³-hybridized carbons (Fsp3) is 0.312. The van der Waals surface area contributed by atoms with Gasteiger partial charge in [-0.25, -0.2) is 20.0 Å². The molecule has 5 aliphatic rings. The predicted molar refractivity (Wildman–Crippen MR) is 300 cm³/mol. The first-order valence-corrected chi connectivity index (χ1v) is 26.5. The second-order valence-corrected chi connectivity index (χ2v) is 18.7. The Labute approximate surface area is 427 Å². The lowest BCUT2D eigenvalue weighted by atomic mass is 9.97. The highest BCUT2D eigenvalue weighted by Gasteiger charge is 2.29. The lowest BCUT2D eigenvalue weighted by Gasteiger charge is -2.16. The number of hydrogen-bond donors (Lipinski definition) is 0. The number of unbranched alkanes of at least 4 members (excludes halogenated alkanes) is 8. The summed E-state index contributed by atoms with van der Waals surface area (Å²) < 4.78 is 25.4. The fourth-order valence-corrected chi connectivity index (χ4v) is 9.53. The average Bonchev–Trinajstić information content (AvgIpc) is 4.27. The van der Waals surface area contributed by atoms with E-state index in [1.165, 1.54) is 44.9 Å². The minimum atomic E-state index is 0.620. The summed E-state index contributed by atoms with van der Waals surface area (Å²) in [4.78, 5) is 22.1. The van der Waals surface area contributed by atoms with Gasteiger partial charge in [0.05, 0.1) is 72.1 Å². The molecule has 8 heteroatoms. The Kier molecular flexibility index (Phi) is 17.0. The Morgan fingerprint density at radius 1 is 0.319 bits per heavy atom. The quantitative estimate of drug-likeness (QED) is 0.0655. The largest absolute Gasteiger partial charge is 0.494 e. The Balaban J connectivity index is 1.22. The average molecular weight is 957 g/mol. The van der Waals surface area contributed by atoms with Gasteiger partial charge in [-0.2, -0.15) is 0 Å². The number of fused-ring (bicyclic) bond motifs is 4. The molecule has 0 saturated carbocycles. The predicted octanol–water partition coefficient (Wildman–Crippen LogP) is 16.0. The van der Waals surface area contributed by atoms with Crippen LogP contribution >= 0.6 is 0 Å². The van der Waals surface area contributed by atoms with Crippen molar-refractivity contribution in [3.05, 3.63) is 191 Å². The third-order valence-electron chi connectivity index (χ3n) is 13.1. The highest BCUT2D eigenvalue weighted by atomic mass is 16.5. The molecule has 0 N–H and O–H groups in total. The highest BCUT2D eigenvalue weighted by Crippen LogP contribution is 2.41. The van der Waals surface area contributed by atoms with Crippen LogP contribution in [0.15, 0.2) is 188 Å². The van der Waals surface area contributed by atoms with Crippen LogP contribution in [0.4, 0.5) is 0 Å². The summed E-state index contributed by atoms with van der Waals surface area (Å²) in [6.45, 7) is 11.1. The van der Waals surface area contributed by atoms with Crippen LogP contribution in [-0.4, -0.2) is 49.3 Å². The summed E-state index contributed by atoms with van der Waals surface area (Å²) >= 11 is 0. The smallest absolute Gasteiger partial charge is 0.127 e. The van der Waals surface area contributed by atoms with Crippen LogP contribution in [0.2, 0.25) is 0 Å². The van der Waals surface area contributed by atoms with Gasteiger partial charge in [-0.15, -0.1) is 0 Å². The van der Waals surface area contributed by atoms with Gasteiger partial charge in [0.25, 0.3) is 0 Å². The third-order valence-corrected chi connectivity index (χ3v) is 13.1. The van der Waals surface area contributed by atoms with Gasteiger partial charge < -0.3 is 18.9 Å². The summed E-state index contributed by atoms with van der Waals surface area (Å²) in [5.41, 5.74) is 13.6. The van der Waals surface area contributed by atoms with Crippen molar-refractivity contribution in [3.63, 3.8) is 0 Å². The van der Waals surface area contributed by atoms with E-state index in [-0.39, 0.29) is 0 Å². The standard InChI is InChI=1S/C64H68N4O4/c1-5-9-10-11-12-13-14-15-18-41-72-60-29-17-16-28-51(60)64-58-36-34-56(67-58)62(46-23-20-26-49(43-46)70-39-7-3)54-32-30-52(65-54)61(45-22-19-25-48(42-45)69-38-6-2)53-31-33-55(66-53)63(57-35-37-59(64)68-57)47-24-21-27-50(44-47)71-40-8-4/h16-17,19-37,42-44H,5-15,18,38-41H2,1-4H3. The minimum absolute atomic E-state index is 0.620. The normalized spacial score (nSPS) is 15.7. The van der Waals surface area contributed by atoms with Crippen LogP contribution in [0.3, 0.4) is 0 Å². The molecule has 0 spiro atoms. The molecule has 0 aliphatic carbocycles. The molecule has 9 rings (SSSR count). The van der Waals surface area contributed by atoms with Gasteiger partial charge in [0.1, 0.15) is 23.0 Å². The zero-order chi connectivity index (χ0) is 49.5. The number of benzene rings is 4. The first-order chi connectivity index (χ1) is 35.5. The van der Waals surface area contributed by atoms with E-state index in [4.69, 9.17) is 38.9 Å². The SMILES string of the molecule is CCCCCCCCCCCOc1ccccc1C1=C2C=CC(=N2)C(c2cccc(OCCC)c2)=C2C=CC(=N2)C(c2cccc(OCCC)c2)=C2C=CC(=N2)C(c2cccc(OCCC)c2)=C2C=CC1=N2. The number of nitrogens with zero attached hydrogens (tertiary/aromatic N) is 4. The summed E-state index contributed by atoms with van der Waals surface area (Å²) in [6, 6.07) is 33.1. The lowest BCUT2D eigenvalue weighted by Crippen LogP contribution is -2.06. The van der Waals surface area contributed by atoms with Gasteiger partial charge in [-0.1, -0.05) is 134 Å². The van der Waals surface area contributed by atoms with Crippen LogP contribution in [0.1, 0.15) is 127 Å². The van der Waals surface area contributed by atoms with Crippen molar-refractivity contribution in [2.45, 2.75) is 105 Å². The molecule has 5 aliphatic heterocycles. The van der Waals surface area contributed by atoms with Gasteiger partial charge in [0.2, 0.25) is 0 Å². The maximum Gasteiger partial charge on any atom is 0.127 e. The molecule has 0 saturated heterocycles. The monoisotopic (exact) mass is 957 g/mol. The number of rotatable bonds is 24. The van der Waals surface area contributed by atoms with E-state index >= 15 is 0 Å². The second-order valence-electron chi connectivity index (χ2n) is 18.7. The molecule has 8 bridgehead atoms. The van der Waals surface area contributed by atoms with E-state index in [1.54, 1.807) is 0 Å². The van der Waals surface area contributed by atoms with E-state index in [1.807, 2.05) is 36.4 Å². The molecule has 72 heavy (non-hydrogen) atoms. The minimum Gasteiger partial charge on any atom is -0.494 e. The molecule has 4 aromatic carbocycles. The van der Waals surface area contributed by atoms with Crippen LogP contribution < -0.4 is 18.9 Å². The molecule has 4 aromatic rings. The summed E-state index contributed by atoms with van der Waals surface area (Å²) in [7, 11) is 0. The highest BCUT2D eigenvalue weighted by molar-refractivity contribution is 6.39. The van der Waals surface area contributed by atoms with Crippen molar-refractivity contribution in [2.24, 2.45) is 20.0 Å². The molecule has 0 amide bonds. The third kappa shape index (κ3) is 11.9. The fourth-order valence-electron chi connectivity index (χ4n) is 9.53. The Morgan fingerprint density at radius 3 is 1.11 bits per heavy atom. The molecule has 8 nitrogen and oxygen atoms in total. The molecule has 0 aromatic heterocycles. The van der Waals surface area contributed by atoms with Crippen molar-refractivity contribution < 1.29 is 18.9 Å². The number of para-hydroxylation sites is 1. The molecule has 0 unspecified atom stereocenters. The molecular weight excluding hydrogens is 889 g/mol. The van der Waals surface area contributed by atoms with Crippen LogP contribution in [-0.2, 0) is 0 Å². The zero-order valence-electron chi connectivity index (χ0n) is 42.6. The first kappa shape index (κ1) is 49.7. The van der Waals surface area contributed by atoms with E-state index in [2.05, 4.69) is 137 Å². The lowest BCUT2D eigenvalue weighted by molar-refractivity contribution is 0.303. The summed E-state index contributed by atoms with van der Waals surface area (Å²) in [5.74, 6) is 3.20. The summed E-state index contributed by atoms with van der Waals surface area (Å²) in [5, 5.41) is 0. The van der Waals surface area contributed by atoms with Gasteiger partial charge in [-0.3, -0.25) is 0 Å². The molecule has 5 heterocycles. The van der Waals surface area contributed by atoms with E-state index in [0.717, 1.165) is 145 Å². The van der Waals surface area contributed by atoms with Crippen molar-refractivity contribution in [3.8, 4) is 23.0 Å². The Morgan fingerprint density at radius 2 is 0.694 bits per heavy atom. The zero-order valence-corrected chi connectivity index (χ0v) is 42.6. The molecular formula is C64H68N4O4. The molecule has 368 valence electrons. The van der Waals surface area contributed by atoms with Gasteiger partial charge >= 0.3 is 0 Å². The van der Waals surface area contributed by atoms with Crippen molar-refractivity contribution in [2.75, 3.05) is 26.4 Å². The van der Waals surface area contributed by atoms with Crippen molar-refractivity contribution >= 4 is 45.1 Å². The van der Waals surface area contributed by atoms with Crippen LogP contribution in [0.25, 0.3) is 22.3 Å². The van der Waals surface area contributed by atoms with Crippen molar-refractivity contribution in [1.82, 2.24) is 0 Å². The second kappa shape index (κ2) is 24.7. The topological polar surface area (TPSA) is 86.4 Å². The molecule has 0 atom stereocenters. The van der Waals surface area contributed by atoms with E-state index in [0.29, 0.717) is 26.4 Å². The van der Waals surface area contributed by atoms with Gasteiger partial charge in [0.15, 0.2) is 0 Å². The van der Waals surface area contributed by atoms with E-state index < -0.39 is 0 Å². The summed E-state index contributed by atoms with van der Waals surface area (Å²) in [6.07, 6.45) is 30.8. The first-order valence-electron chi connectivity index (χ1n) is 26.5.